The molecule has 1 unspecified atom stereocenters. The Hall–Kier alpha value is -1.66. The van der Waals surface area contributed by atoms with E-state index >= 15 is 0 Å². The highest BCUT2D eigenvalue weighted by molar-refractivity contribution is 5.24. The number of hydrogen-bond donors (Lipinski definition) is 3. The Bertz CT molecular complexity index is 454. The van der Waals surface area contributed by atoms with Gasteiger partial charge >= 0.3 is 5.69 Å². The lowest BCUT2D eigenvalue weighted by Gasteiger charge is -2.18. The van der Waals surface area contributed by atoms with E-state index in [-0.39, 0.29) is 5.82 Å². The van der Waals surface area contributed by atoms with Crippen LogP contribution in [0.15, 0.2) is 29.2 Å². The second-order valence-electron chi connectivity index (χ2n) is 3.40. The van der Waals surface area contributed by atoms with Gasteiger partial charge in [-0.3, -0.25) is 4.57 Å². The topological polar surface area (TPSA) is 101 Å². The zero-order chi connectivity index (χ0) is 11.0. The van der Waals surface area contributed by atoms with Crippen LogP contribution in [-0.4, -0.2) is 32.0 Å². The number of aliphatic hydroxyl groups is 2. The maximum atomic E-state index is 11.4. The first-order chi connectivity index (χ1) is 7.09. The molecule has 4 N–H and O–H groups in total. The van der Waals surface area contributed by atoms with Crippen LogP contribution in [0.4, 0.5) is 5.82 Å². The van der Waals surface area contributed by atoms with Crippen LogP contribution in [0.5, 0.6) is 0 Å². The molecule has 1 aliphatic carbocycles. The van der Waals surface area contributed by atoms with Gasteiger partial charge in [-0.15, -0.1) is 0 Å². The normalized spacial score (nSPS) is 29.6. The average Bonchev–Trinajstić information content (AvgIpc) is 2.49. The fourth-order valence-corrected chi connectivity index (χ4v) is 1.57. The van der Waals surface area contributed by atoms with E-state index < -0.39 is 23.9 Å². The quantitative estimate of drug-likeness (QED) is 0.497. The lowest BCUT2D eigenvalue weighted by atomic mass is 10.2. The fourth-order valence-electron chi connectivity index (χ4n) is 1.57. The predicted molar refractivity (Wildman–Crippen MR) is 53.1 cm³/mol. The summed E-state index contributed by atoms with van der Waals surface area (Å²) >= 11 is 0. The molecule has 0 aliphatic heterocycles. The van der Waals surface area contributed by atoms with E-state index in [9.17, 15) is 15.0 Å². The van der Waals surface area contributed by atoms with Gasteiger partial charge < -0.3 is 15.9 Å². The van der Waals surface area contributed by atoms with Crippen molar-refractivity contribution in [1.82, 2.24) is 9.55 Å². The van der Waals surface area contributed by atoms with E-state index in [1.807, 2.05) is 0 Å². The number of nitrogen functional groups attached to an aromatic ring is 1. The van der Waals surface area contributed by atoms with Crippen molar-refractivity contribution < 1.29 is 10.2 Å². The maximum Gasteiger partial charge on any atom is 0.350 e. The van der Waals surface area contributed by atoms with Gasteiger partial charge in [0, 0.05) is 6.20 Å². The number of nitrogens with zero attached hydrogens (tertiary/aromatic N) is 2. The summed E-state index contributed by atoms with van der Waals surface area (Å²) in [5.41, 5.74) is 4.79. The third kappa shape index (κ3) is 1.64. The molecular formula is C9H11N3O3. The second-order valence-corrected chi connectivity index (χ2v) is 3.40. The van der Waals surface area contributed by atoms with Crippen LogP contribution in [0.2, 0.25) is 0 Å². The minimum Gasteiger partial charge on any atom is -0.388 e. The first-order valence-electron chi connectivity index (χ1n) is 4.49. The van der Waals surface area contributed by atoms with Crippen LogP contribution in [0.25, 0.3) is 0 Å². The SMILES string of the molecule is Nc1ccn(C2C=C[C@@H](O)[C@H]2O)c(=O)n1. The van der Waals surface area contributed by atoms with Gasteiger partial charge in [0.05, 0.1) is 6.04 Å². The molecule has 0 radical (unpaired) electrons. The summed E-state index contributed by atoms with van der Waals surface area (Å²) < 4.78 is 1.23. The predicted octanol–water partition coefficient (Wildman–Crippen LogP) is -1.34. The zero-order valence-electron chi connectivity index (χ0n) is 7.82. The van der Waals surface area contributed by atoms with Gasteiger partial charge in [-0.25, -0.2) is 4.79 Å². The molecule has 2 rings (SSSR count). The summed E-state index contributed by atoms with van der Waals surface area (Å²) in [6, 6.07) is 0.882. The van der Waals surface area contributed by atoms with Crippen LogP contribution >= 0.6 is 0 Å². The van der Waals surface area contributed by atoms with E-state index in [0.29, 0.717) is 0 Å². The Labute approximate surface area is 85.3 Å². The number of nitrogens with two attached hydrogens (primary N) is 1. The molecule has 15 heavy (non-hydrogen) atoms. The van der Waals surface area contributed by atoms with Gasteiger partial charge in [-0.2, -0.15) is 4.98 Å². The fraction of sp³-hybridized carbons (Fsp3) is 0.333. The lowest BCUT2D eigenvalue weighted by Crippen LogP contribution is -2.34. The summed E-state index contributed by atoms with van der Waals surface area (Å²) in [5.74, 6) is 0.133. The molecule has 80 valence electrons. The molecule has 6 heteroatoms. The Kier molecular flexibility index (Phi) is 2.29. The Morgan fingerprint density at radius 1 is 1.40 bits per heavy atom. The van der Waals surface area contributed by atoms with Crippen LogP contribution in [-0.2, 0) is 0 Å². The Morgan fingerprint density at radius 3 is 2.67 bits per heavy atom. The standard InChI is InChI=1S/C9H11N3O3/c10-7-3-4-12(9(15)11-7)5-1-2-6(13)8(5)14/h1-6,8,13-14H,(H2,10,11,15)/t5?,6-,8+/m1/s1. The highest BCUT2D eigenvalue weighted by atomic mass is 16.3. The van der Waals surface area contributed by atoms with Crippen molar-refractivity contribution in [3.63, 3.8) is 0 Å². The molecule has 0 fully saturated rings. The third-order valence-corrected chi connectivity index (χ3v) is 2.38. The minimum absolute atomic E-state index is 0.133. The highest BCUT2D eigenvalue weighted by Crippen LogP contribution is 2.22. The molecule has 0 aromatic carbocycles. The summed E-state index contributed by atoms with van der Waals surface area (Å²) in [6.07, 6.45) is 2.49. The lowest BCUT2D eigenvalue weighted by molar-refractivity contribution is 0.0358. The van der Waals surface area contributed by atoms with Crippen molar-refractivity contribution in [2.75, 3.05) is 5.73 Å². The van der Waals surface area contributed by atoms with Gasteiger partial charge in [0.2, 0.25) is 0 Å². The van der Waals surface area contributed by atoms with Crippen LogP contribution < -0.4 is 11.4 Å². The monoisotopic (exact) mass is 209 g/mol. The number of rotatable bonds is 1. The highest BCUT2D eigenvalue weighted by Gasteiger charge is 2.30. The van der Waals surface area contributed by atoms with E-state index in [1.54, 1.807) is 6.08 Å². The van der Waals surface area contributed by atoms with Crippen molar-refractivity contribution in [1.29, 1.82) is 0 Å². The molecule has 0 saturated carbocycles. The number of hydrogen-bond acceptors (Lipinski definition) is 5. The summed E-state index contributed by atoms with van der Waals surface area (Å²) in [5, 5.41) is 18.9. The van der Waals surface area contributed by atoms with E-state index in [2.05, 4.69) is 4.98 Å². The summed E-state index contributed by atoms with van der Waals surface area (Å²) in [7, 11) is 0. The summed E-state index contributed by atoms with van der Waals surface area (Å²) in [6.45, 7) is 0. The van der Waals surface area contributed by atoms with Gasteiger partial charge in [0.25, 0.3) is 0 Å². The molecule has 1 aromatic heterocycles. The number of aromatic nitrogens is 2. The minimum atomic E-state index is -1.02. The van der Waals surface area contributed by atoms with Crippen LogP contribution in [0, 0.1) is 0 Å². The largest absolute Gasteiger partial charge is 0.388 e. The van der Waals surface area contributed by atoms with Crippen molar-refractivity contribution >= 4 is 5.82 Å². The van der Waals surface area contributed by atoms with E-state index in [4.69, 9.17) is 5.73 Å². The summed E-state index contributed by atoms with van der Waals surface area (Å²) in [4.78, 5) is 15.0. The van der Waals surface area contributed by atoms with Crippen molar-refractivity contribution in [3.05, 3.63) is 34.9 Å². The van der Waals surface area contributed by atoms with Gasteiger partial charge in [-0.1, -0.05) is 12.2 Å². The van der Waals surface area contributed by atoms with Crippen LogP contribution in [0.1, 0.15) is 6.04 Å². The van der Waals surface area contributed by atoms with Gasteiger partial charge in [-0.05, 0) is 6.07 Å². The molecule has 0 spiro atoms. The molecule has 6 nitrogen and oxygen atoms in total. The average molecular weight is 209 g/mol. The first-order valence-corrected chi connectivity index (χ1v) is 4.49. The van der Waals surface area contributed by atoms with E-state index in [0.717, 1.165) is 0 Å². The maximum absolute atomic E-state index is 11.4. The molecule has 1 aliphatic rings. The molecular weight excluding hydrogens is 198 g/mol. The molecule has 3 atom stereocenters. The zero-order valence-corrected chi connectivity index (χ0v) is 7.82. The Balaban J connectivity index is 2.39. The molecule has 0 saturated heterocycles. The third-order valence-electron chi connectivity index (χ3n) is 2.38. The molecule has 1 aromatic rings. The van der Waals surface area contributed by atoms with Gasteiger partial charge in [0.1, 0.15) is 18.0 Å². The molecule has 0 bridgehead atoms. The smallest absolute Gasteiger partial charge is 0.350 e. The second kappa shape index (κ2) is 3.48. The van der Waals surface area contributed by atoms with Crippen LogP contribution in [0.3, 0.4) is 0 Å². The Morgan fingerprint density at radius 2 is 2.13 bits per heavy atom. The van der Waals surface area contributed by atoms with Crippen molar-refractivity contribution in [2.24, 2.45) is 0 Å². The first kappa shape index (κ1) is 9.88. The van der Waals surface area contributed by atoms with Crippen molar-refractivity contribution in [3.8, 4) is 0 Å². The molecule has 1 heterocycles. The number of aliphatic hydroxyl groups excluding tert-OH is 2. The van der Waals surface area contributed by atoms with Gasteiger partial charge in [0.15, 0.2) is 0 Å². The van der Waals surface area contributed by atoms with E-state index in [1.165, 1.54) is 22.9 Å². The number of anilines is 1. The molecule has 0 amide bonds. The van der Waals surface area contributed by atoms with Crippen molar-refractivity contribution in [2.45, 2.75) is 18.2 Å².